The molecule has 3 fully saturated rings. The number of benzene rings is 2. The molecule has 3 aliphatic rings. The summed E-state index contributed by atoms with van der Waals surface area (Å²) in [6.07, 6.45) is 1.66. The molecule has 1 saturated carbocycles. The second-order valence-corrected chi connectivity index (χ2v) is 9.33. The Kier molecular flexibility index (Phi) is 5.48. The van der Waals surface area contributed by atoms with Gasteiger partial charge in [0.2, 0.25) is 0 Å². The molecule has 0 N–H and O–H groups in total. The molecule has 5 rings (SSSR count). The number of nitrogens with zero attached hydrogens (tertiary/aromatic N) is 4. The van der Waals surface area contributed by atoms with Crippen LogP contribution < -0.4 is 4.90 Å². The van der Waals surface area contributed by atoms with Crippen LogP contribution in [0.15, 0.2) is 48.5 Å². The molecule has 0 atom stereocenters. The number of amides is 1. The Balaban J connectivity index is 1.05. The first-order valence-corrected chi connectivity index (χ1v) is 11.2. The van der Waals surface area contributed by atoms with Crippen LogP contribution in [0.1, 0.15) is 24.0 Å². The van der Waals surface area contributed by atoms with Gasteiger partial charge in [-0.3, -0.25) is 4.90 Å². The van der Waals surface area contributed by atoms with E-state index in [1.54, 1.807) is 11.0 Å². The van der Waals surface area contributed by atoms with Gasteiger partial charge in [0, 0.05) is 56.9 Å². The molecule has 2 saturated heterocycles. The molecule has 2 aromatic carbocycles. The van der Waals surface area contributed by atoms with E-state index in [9.17, 15) is 9.18 Å². The van der Waals surface area contributed by atoms with Crippen LogP contribution in [0.25, 0.3) is 0 Å². The molecule has 2 aromatic rings. The third kappa shape index (κ3) is 4.28. The van der Waals surface area contributed by atoms with Gasteiger partial charge in [-0.25, -0.2) is 9.18 Å². The first-order chi connectivity index (χ1) is 15.5. The highest BCUT2D eigenvalue weighted by Gasteiger charge is 2.53. The molecule has 1 aliphatic carbocycles. The molecule has 1 spiro atoms. The minimum atomic E-state index is -0.418. The van der Waals surface area contributed by atoms with E-state index in [2.05, 4.69) is 29.2 Å². The van der Waals surface area contributed by atoms with Gasteiger partial charge in [-0.2, -0.15) is 5.26 Å². The van der Waals surface area contributed by atoms with Crippen molar-refractivity contribution in [2.75, 3.05) is 44.2 Å². The number of hydrogen-bond donors (Lipinski definition) is 0. The zero-order valence-electron chi connectivity index (χ0n) is 18.0. The Labute approximate surface area is 187 Å². The average molecular weight is 435 g/mol. The van der Waals surface area contributed by atoms with E-state index in [0.717, 1.165) is 32.5 Å². The van der Waals surface area contributed by atoms with Gasteiger partial charge < -0.3 is 14.5 Å². The van der Waals surface area contributed by atoms with Crippen LogP contribution in [0.3, 0.4) is 0 Å². The average Bonchev–Trinajstić information content (AvgIpc) is 2.76. The Morgan fingerprint density at radius 1 is 1.09 bits per heavy atom. The quantitative estimate of drug-likeness (QED) is 0.736. The second kappa shape index (κ2) is 8.44. The van der Waals surface area contributed by atoms with Crippen molar-refractivity contribution < 1.29 is 13.9 Å². The second-order valence-electron chi connectivity index (χ2n) is 9.33. The monoisotopic (exact) mass is 434 g/mol. The number of carbonyl (C=O) groups excluding carboxylic acids is 1. The highest BCUT2D eigenvalue weighted by atomic mass is 19.1. The zero-order valence-corrected chi connectivity index (χ0v) is 18.0. The summed E-state index contributed by atoms with van der Waals surface area (Å²) in [5.74, 6) is -0.418. The van der Waals surface area contributed by atoms with E-state index in [0.29, 0.717) is 42.8 Å². The maximum absolute atomic E-state index is 13.7. The van der Waals surface area contributed by atoms with Gasteiger partial charge in [0.15, 0.2) is 0 Å². The van der Waals surface area contributed by atoms with Crippen molar-refractivity contribution in [3.05, 3.63) is 65.5 Å². The lowest BCUT2D eigenvalue weighted by molar-refractivity contribution is -0.136. The van der Waals surface area contributed by atoms with Crippen molar-refractivity contribution >= 4 is 11.8 Å². The van der Waals surface area contributed by atoms with Crippen LogP contribution in [0.5, 0.6) is 0 Å². The lowest BCUT2D eigenvalue weighted by Crippen LogP contribution is -2.64. The van der Waals surface area contributed by atoms with E-state index in [1.165, 1.54) is 17.7 Å². The van der Waals surface area contributed by atoms with Gasteiger partial charge in [-0.1, -0.05) is 30.3 Å². The first kappa shape index (κ1) is 20.8. The number of likely N-dealkylation sites (tertiary alicyclic amines) is 1. The minimum Gasteiger partial charge on any atom is -0.446 e. The van der Waals surface area contributed by atoms with Gasteiger partial charge >= 0.3 is 6.09 Å². The number of nitriles is 1. The fraction of sp³-hybridized carbons (Fsp3) is 0.440. The zero-order chi connectivity index (χ0) is 22.1. The maximum atomic E-state index is 13.7. The standard InChI is InChI=1S/C25H27FN4O2/c26-21-10-20(15-27)11-22(12-21)29-6-8-30(9-7-29)24(31)32-23-13-25(14-23)17-28(18-25)16-19-4-2-1-3-5-19/h1-5,10-12,23H,6-9,13-14,16-18H2. The normalized spacial score (nSPS) is 20.4. The molecule has 32 heavy (non-hydrogen) atoms. The van der Waals surface area contributed by atoms with Crippen LogP contribution in [0.2, 0.25) is 0 Å². The summed E-state index contributed by atoms with van der Waals surface area (Å²) in [4.78, 5) is 18.8. The molecule has 7 heteroatoms. The minimum absolute atomic E-state index is 0.0146. The van der Waals surface area contributed by atoms with Crippen molar-refractivity contribution in [1.82, 2.24) is 9.80 Å². The van der Waals surface area contributed by atoms with Crippen molar-refractivity contribution in [2.45, 2.75) is 25.5 Å². The smallest absolute Gasteiger partial charge is 0.410 e. The Morgan fingerprint density at radius 2 is 1.81 bits per heavy atom. The summed E-state index contributed by atoms with van der Waals surface area (Å²) in [5.41, 5.74) is 2.65. The summed E-state index contributed by atoms with van der Waals surface area (Å²) in [6, 6.07) is 16.8. The van der Waals surface area contributed by atoms with Gasteiger partial charge in [-0.15, -0.1) is 0 Å². The fourth-order valence-electron chi connectivity index (χ4n) is 5.29. The Hall–Kier alpha value is -3.11. The molecule has 1 amide bonds. The van der Waals surface area contributed by atoms with Crippen LogP contribution >= 0.6 is 0 Å². The fourth-order valence-corrected chi connectivity index (χ4v) is 5.29. The van der Waals surface area contributed by atoms with Crippen LogP contribution in [-0.4, -0.2) is 61.3 Å². The van der Waals surface area contributed by atoms with E-state index in [4.69, 9.17) is 10.00 Å². The highest BCUT2D eigenvalue weighted by molar-refractivity contribution is 5.68. The number of rotatable bonds is 4. The number of carbonyl (C=O) groups is 1. The molecule has 6 nitrogen and oxygen atoms in total. The van der Waals surface area contributed by atoms with Crippen molar-refractivity contribution in [1.29, 1.82) is 5.26 Å². The molecule has 0 bridgehead atoms. The predicted octanol–water partition coefficient (Wildman–Crippen LogP) is 3.62. The van der Waals surface area contributed by atoms with Gasteiger partial charge in [0.25, 0.3) is 0 Å². The third-order valence-corrected chi connectivity index (χ3v) is 6.87. The molecular formula is C25H27FN4O2. The lowest BCUT2D eigenvalue weighted by atomic mass is 9.61. The van der Waals surface area contributed by atoms with E-state index in [1.807, 2.05) is 17.0 Å². The third-order valence-electron chi connectivity index (χ3n) is 6.87. The molecule has 166 valence electrons. The van der Waals surface area contributed by atoms with Gasteiger partial charge in [0.1, 0.15) is 11.9 Å². The SMILES string of the molecule is N#Cc1cc(F)cc(N2CCN(C(=O)OC3CC4(C3)CN(Cc3ccccc3)C4)CC2)c1. The van der Waals surface area contributed by atoms with E-state index < -0.39 is 5.82 Å². The molecule has 2 heterocycles. The van der Waals surface area contributed by atoms with E-state index >= 15 is 0 Å². The molecule has 0 unspecified atom stereocenters. The number of halogens is 1. The summed E-state index contributed by atoms with van der Waals surface area (Å²) >= 11 is 0. The summed E-state index contributed by atoms with van der Waals surface area (Å²) in [6.45, 7) is 5.37. The predicted molar refractivity (Wildman–Crippen MR) is 119 cm³/mol. The molecular weight excluding hydrogens is 407 g/mol. The van der Waals surface area contributed by atoms with Crippen LogP contribution in [0.4, 0.5) is 14.9 Å². The Morgan fingerprint density at radius 3 is 2.50 bits per heavy atom. The molecule has 0 aromatic heterocycles. The lowest BCUT2D eigenvalue weighted by Gasteiger charge is -2.58. The van der Waals surface area contributed by atoms with Crippen LogP contribution in [0, 0.1) is 22.6 Å². The van der Waals surface area contributed by atoms with Crippen molar-refractivity contribution in [3.63, 3.8) is 0 Å². The number of ether oxygens (including phenoxy) is 1. The Bertz CT molecular complexity index is 1020. The number of hydrogen-bond acceptors (Lipinski definition) is 5. The summed E-state index contributed by atoms with van der Waals surface area (Å²) in [7, 11) is 0. The molecule has 0 radical (unpaired) electrons. The van der Waals surface area contributed by atoms with Crippen molar-refractivity contribution in [2.24, 2.45) is 5.41 Å². The summed E-state index contributed by atoms with van der Waals surface area (Å²) in [5, 5.41) is 9.04. The number of piperazine rings is 1. The molecule has 2 aliphatic heterocycles. The van der Waals surface area contributed by atoms with Gasteiger partial charge in [0.05, 0.1) is 11.6 Å². The van der Waals surface area contributed by atoms with E-state index in [-0.39, 0.29) is 12.2 Å². The topological polar surface area (TPSA) is 59.8 Å². The largest absolute Gasteiger partial charge is 0.446 e. The van der Waals surface area contributed by atoms with Crippen molar-refractivity contribution in [3.8, 4) is 6.07 Å². The van der Waals surface area contributed by atoms with Gasteiger partial charge in [-0.05, 0) is 36.6 Å². The van der Waals surface area contributed by atoms with Crippen LogP contribution in [-0.2, 0) is 11.3 Å². The first-order valence-electron chi connectivity index (χ1n) is 11.2. The number of anilines is 1. The maximum Gasteiger partial charge on any atom is 0.410 e. The summed E-state index contributed by atoms with van der Waals surface area (Å²) < 4.78 is 19.5. The highest BCUT2D eigenvalue weighted by Crippen LogP contribution is 2.50.